The van der Waals surface area contributed by atoms with Crippen molar-refractivity contribution in [2.75, 3.05) is 13.2 Å². The first-order chi connectivity index (χ1) is 10.8. The van der Waals surface area contributed by atoms with Crippen LogP contribution in [-0.2, 0) is 6.54 Å². The van der Waals surface area contributed by atoms with Gasteiger partial charge in [-0.25, -0.2) is 0 Å². The topological polar surface area (TPSA) is 30.5 Å². The van der Waals surface area contributed by atoms with Gasteiger partial charge < -0.3 is 14.8 Å². The normalized spacial score (nSPS) is 11.9. The van der Waals surface area contributed by atoms with Gasteiger partial charge in [0.15, 0.2) is 0 Å². The van der Waals surface area contributed by atoms with Gasteiger partial charge in [0.25, 0.3) is 0 Å². The Morgan fingerprint density at radius 3 is 2.32 bits per heavy atom. The van der Waals surface area contributed by atoms with Crippen molar-refractivity contribution in [2.45, 2.75) is 32.9 Å². The second kappa shape index (κ2) is 9.11. The van der Waals surface area contributed by atoms with Crippen LogP contribution in [0.3, 0.4) is 0 Å². The van der Waals surface area contributed by atoms with E-state index in [1.54, 1.807) is 0 Å². The molecule has 0 amide bonds. The molecule has 1 unspecified atom stereocenters. The number of ether oxygens (including phenoxy) is 2. The first kappa shape index (κ1) is 16.4. The lowest BCUT2D eigenvalue weighted by Crippen LogP contribution is -2.24. The minimum Gasteiger partial charge on any atom is -0.490 e. The second-order valence-corrected chi connectivity index (χ2v) is 5.35. The summed E-state index contributed by atoms with van der Waals surface area (Å²) in [7, 11) is 0. The molecular weight excluding hydrogens is 274 g/mol. The van der Waals surface area contributed by atoms with Crippen molar-refractivity contribution < 1.29 is 9.47 Å². The number of rotatable bonds is 9. The van der Waals surface area contributed by atoms with E-state index in [9.17, 15) is 0 Å². The van der Waals surface area contributed by atoms with E-state index in [2.05, 4.69) is 31.3 Å². The number of para-hydroxylation sites is 1. The van der Waals surface area contributed by atoms with Crippen molar-refractivity contribution in [1.82, 2.24) is 5.32 Å². The average molecular weight is 299 g/mol. The number of hydrogen-bond donors (Lipinski definition) is 1. The highest BCUT2D eigenvalue weighted by molar-refractivity contribution is 5.28. The lowest BCUT2D eigenvalue weighted by atomic mass is 10.2. The number of hydrogen-bond acceptors (Lipinski definition) is 3. The maximum atomic E-state index is 5.75. The molecule has 0 saturated carbocycles. The molecule has 0 fully saturated rings. The standard InChI is InChI=1S/C19H25NO2/c1-3-16(2)20-15-17-8-7-11-19(14-17)22-13-12-21-18-9-5-4-6-10-18/h4-11,14,16,20H,3,12-13,15H2,1-2H3. The predicted octanol–water partition coefficient (Wildman–Crippen LogP) is 4.03. The fourth-order valence-corrected chi connectivity index (χ4v) is 2.02. The predicted molar refractivity (Wildman–Crippen MR) is 90.5 cm³/mol. The molecule has 2 rings (SSSR count). The molecule has 0 heterocycles. The fraction of sp³-hybridized carbons (Fsp3) is 0.368. The molecule has 0 bridgehead atoms. The third-order valence-corrected chi connectivity index (χ3v) is 3.53. The van der Waals surface area contributed by atoms with Crippen molar-refractivity contribution in [3.8, 4) is 11.5 Å². The van der Waals surface area contributed by atoms with Gasteiger partial charge in [-0.2, -0.15) is 0 Å². The van der Waals surface area contributed by atoms with Gasteiger partial charge in [-0.3, -0.25) is 0 Å². The molecule has 2 aromatic rings. The van der Waals surface area contributed by atoms with Gasteiger partial charge >= 0.3 is 0 Å². The highest BCUT2D eigenvalue weighted by Crippen LogP contribution is 2.14. The van der Waals surface area contributed by atoms with E-state index in [0.29, 0.717) is 19.3 Å². The summed E-state index contributed by atoms with van der Waals surface area (Å²) in [6.07, 6.45) is 1.13. The molecule has 22 heavy (non-hydrogen) atoms. The molecule has 1 N–H and O–H groups in total. The fourth-order valence-electron chi connectivity index (χ4n) is 2.02. The minimum atomic E-state index is 0.531. The van der Waals surface area contributed by atoms with Crippen LogP contribution >= 0.6 is 0 Å². The van der Waals surface area contributed by atoms with Gasteiger partial charge in [0.2, 0.25) is 0 Å². The maximum Gasteiger partial charge on any atom is 0.122 e. The van der Waals surface area contributed by atoms with Crippen LogP contribution in [-0.4, -0.2) is 19.3 Å². The average Bonchev–Trinajstić information content (AvgIpc) is 2.58. The van der Waals surface area contributed by atoms with Gasteiger partial charge in [-0.1, -0.05) is 37.3 Å². The summed E-state index contributed by atoms with van der Waals surface area (Å²) in [6, 6.07) is 18.5. The van der Waals surface area contributed by atoms with Crippen molar-refractivity contribution >= 4 is 0 Å². The lowest BCUT2D eigenvalue weighted by Gasteiger charge is -2.12. The minimum absolute atomic E-state index is 0.531. The van der Waals surface area contributed by atoms with E-state index in [1.807, 2.05) is 42.5 Å². The molecule has 0 aliphatic carbocycles. The van der Waals surface area contributed by atoms with Crippen LogP contribution in [0.1, 0.15) is 25.8 Å². The summed E-state index contributed by atoms with van der Waals surface area (Å²) in [6.45, 7) is 6.33. The molecule has 0 spiro atoms. The Balaban J connectivity index is 1.73. The number of benzene rings is 2. The van der Waals surface area contributed by atoms with Crippen LogP contribution < -0.4 is 14.8 Å². The SMILES string of the molecule is CCC(C)NCc1cccc(OCCOc2ccccc2)c1. The largest absolute Gasteiger partial charge is 0.490 e. The quantitative estimate of drug-likeness (QED) is 0.709. The zero-order valence-corrected chi connectivity index (χ0v) is 13.4. The molecule has 1 atom stereocenters. The van der Waals surface area contributed by atoms with E-state index < -0.39 is 0 Å². The molecular formula is C19H25NO2. The molecule has 0 aliphatic heterocycles. The first-order valence-corrected chi connectivity index (χ1v) is 7.91. The monoisotopic (exact) mass is 299 g/mol. The van der Waals surface area contributed by atoms with Crippen LogP contribution in [0.5, 0.6) is 11.5 Å². The van der Waals surface area contributed by atoms with Gasteiger partial charge in [0.1, 0.15) is 24.7 Å². The summed E-state index contributed by atoms with van der Waals surface area (Å²) in [5.41, 5.74) is 1.24. The Hall–Kier alpha value is -2.00. The van der Waals surface area contributed by atoms with Crippen molar-refractivity contribution in [1.29, 1.82) is 0 Å². The third kappa shape index (κ3) is 5.78. The smallest absolute Gasteiger partial charge is 0.122 e. The second-order valence-electron chi connectivity index (χ2n) is 5.35. The Morgan fingerprint density at radius 1 is 0.909 bits per heavy atom. The summed E-state index contributed by atoms with van der Waals surface area (Å²) in [5.74, 6) is 1.76. The van der Waals surface area contributed by atoms with Crippen LogP contribution in [0.4, 0.5) is 0 Å². The molecule has 118 valence electrons. The van der Waals surface area contributed by atoms with E-state index in [-0.39, 0.29) is 0 Å². The Bertz CT molecular complexity index is 542. The molecule has 0 aromatic heterocycles. The van der Waals surface area contributed by atoms with Crippen LogP contribution in [0.15, 0.2) is 54.6 Å². The van der Waals surface area contributed by atoms with E-state index in [1.165, 1.54) is 5.56 Å². The molecule has 3 heteroatoms. The van der Waals surface area contributed by atoms with Crippen LogP contribution in [0, 0.1) is 0 Å². The van der Waals surface area contributed by atoms with Crippen LogP contribution in [0.2, 0.25) is 0 Å². The number of nitrogens with one attached hydrogen (secondary N) is 1. The van der Waals surface area contributed by atoms with Crippen molar-refractivity contribution in [3.05, 3.63) is 60.2 Å². The highest BCUT2D eigenvalue weighted by Gasteiger charge is 2.00. The molecule has 0 aliphatic rings. The first-order valence-electron chi connectivity index (χ1n) is 7.91. The van der Waals surface area contributed by atoms with E-state index in [4.69, 9.17) is 9.47 Å². The molecule has 0 saturated heterocycles. The van der Waals surface area contributed by atoms with Crippen LogP contribution in [0.25, 0.3) is 0 Å². The van der Waals surface area contributed by atoms with E-state index >= 15 is 0 Å². The molecule has 2 aromatic carbocycles. The summed E-state index contributed by atoms with van der Waals surface area (Å²) < 4.78 is 11.4. The Labute approximate surface area is 133 Å². The molecule has 0 radical (unpaired) electrons. The Kier molecular flexibility index (Phi) is 6.78. The molecule has 3 nitrogen and oxygen atoms in total. The van der Waals surface area contributed by atoms with Gasteiger partial charge in [-0.15, -0.1) is 0 Å². The van der Waals surface area contributed by atoms with E-state index in [0.717, 1.165) is 24.5 Å². The summed E-state index contributed by atoms with van der Waals surface area (Å²) >= 11 is 0. The zero-order valence-electron chi connectivity index (χ0n) is 13.4. The highest BCUT2D eigenvalue weighted by atomic mass is 16.5. The lowest BCUT2D eigenvalue weighted by molar-refractivity contribution is 0.217. The van der Waals surface area contributed by atoms with Gasteiger partial charge in [0, 0.05) is 12.6 Å². The zero-order chi connectivity index (χ0) is 15.6. The van der Waals surface area contributed by atoms with Crippen molar-refractivity contribution in [2.24, 2.45) is 0 Å². The third-order valence-electron chi connectivity index (χ3n) is 3.53. The Morgan fingerprint density at radius 2 is 1.59 bits per heavy atom. The van der Waals surface area contributed by atoms with Gasteiger partial charge in [-0.05, 0) is 43.2 Å². The summed E-state index contributed by atoms with van der Waals surface area (Å²) in [5, 5.41) is 3.48. The summed E-state index contributed by atoms with van der Waals surface area (Å²) in [4.78, 5) is 0. The van der Waals surface area contributed by atoms with Crippen molar-refractivity contribution in [3.63, 3.8) is 0 Å². The maximum absolute atomic E-state index is 5.75. The van der Waals surface area contributed by atoms with Gasteiger partial charge in [0.05, 0.1) is 0 Å².